The minimum atomic E-state index is -0.450. The molecular weight excluding hydrogens is 344 g/mol. The first-order valence-electron chi connectivity index (χ1n) is 9.86. The smallest absolute Gasteiger partial charge is 0.337 e. The van der Waals surface area contributed by atoms with Crippen molar-refractivity contribution < 1.29 is 19.1 Å². The molecular formula is C21H28N2O4. The Balaban J connectivity index is 1.52. The van der Waals surface area contributed by atoms with Gasteiger partial charge in [-0.15, -0.1) is 0 Å². The lowest BCUT2D eigenvalue weighted by molar-refractivity contribution is -0.126. The standard InChI is InChI=1S/C21H28N2O4/c1-27-21(26)17-9-5-8-16(14-17)20(25)23-12-10-18(11-13-23)22-19(24)15-6-3-2-4-7-15/h5,8-9,14-15,18H,2-4,6-7,10-13H2,1H3,(H,22,24). The fourth-order valence-electron chi connectivity index (χ4n) is 3.99. The SMILES string of the molecule is COC(=O)c1cccc(C(=O)N2CCC(NC(=O)C3CCCCC3)CC2)c1. The average molecular weight is 372 g/mol. The summed E-state index contributed by atoms with van der Waals surface area (Å²) < 4.78 is 4.71. The highest BCUT2D eigenvalue weighted by molar-refractivity contribution is 5.98. The molecule has 27 heavy (non-hydrogen) atoms. The van der Waals surface area contributed by atoms with E-state index in [1.54, 1.807) is 29.2 Å². The van der Waals surface area contributed by atoms with Crippen LogP contribution in [0.2, 0.25) is 0 Å². The molecule has 0 spiro atoms. The molecule has 2 fully saturated rings. The molecule has 3 rings (SSSR count). The Labute approximate surface area is 160 Å². The first kappa shape index (κ1) is 19.4. The van der Waals surface area contributed by atoms with Gasteiger partial charge in [0.25, 0.3) is 5.91 Å². The van der Waals surface area contributed by atoms with Gasteiger partial charge in [0.2, 0.25) is 5.91 Å². The van der Waals surface area contributed by atoms with Crippen LogP contribution in [0.1, 0.15) is 65.7 Å². The summed E-state index contributed by atoms with van der Waals surface area (Å²) in [5.74, 6) is -0.184. The van der Waals surface area contributed by atoms with E-state index < -0.39 is 5.97 Å². The van der Waals surface area contributed by atoms with Crippen molar-refractivity contribution in [3.8, 4) is 0 Å². The van der Waals surface area contributed by atoms with Gasteiger partial charge in [-0.3, -0.25) is 9.59 Å². The van der Waals surface area contributed by atoms with Crippen LogP contribution in [0.4, 0.5) is 0 Å². The average Bonchev–Trinajstić information content (AvgIpc) is 2.74. The highest BCUT2D eigenvalue weighted by atomic mass is 16.5. The van der Waals surface area contributed by atoms with E-state index in [0.717, 1.165) is 38.5 Å². The summed E-state index contributed by atoms with van der Waals surface area (Å²) in [6.07, 6.45) is 7.06. The molecule has 2 amide bonds. The molecule has 1 saturated heterocycles. The van der Waals surface area contributed by atoms with Crippen molar-refractivity contribution in [1.82, 2.24) is 10.2 Å². The van der Waals surface area contributed by atoms with Gasteiger partial charge in [0.15, 0.2) is 0 Å². The largest absolute Gasteiger partial charge is 0.465 e. The molecule has 0 bridgehead atoms. The molecule has 0 unspecified atom stereocenters. The number of benzene rings is 1. The van der Waals surface area contributed by atoms with E-state index in [2.05, 4.69) is 5.32 Å². The number of methoxy groups -OCH3 is 1. The van der Waals surface area contributed by atoms with Crippen LogP contribution >= 0.6 is 0 Å². The number of carbonyl (C=O) groups excluding carboxylic acids is 3. The molecule has 0 aromatic heterocycles. The second-order valence-corrected chi connectivity index (χ2v) is 7.48. The summed E-state index contributed by atoms with van der Waals surface area (Å²) >= 11 is 0. The Morgan fingerprint density at radius 2 is 1.67 bits per heavy atom. The molecule has 0 radical (unpaired) electrons. The maximum absolute atomic E-state index is 12.7. The molecule has 6 heteroatoms. The van der Waals surface area contributed by atoms with Crippen LogP contribution in [0.3, 0.4) is 0 Å². The zero-order valence-electron chi connectivity index (χ0n) is 15.9. The predicted molar refractivity (Wildman–Crippen MR) is 101 cm³/mol. The number of amides is 2. The molecule has 1 N–H and O–H groups in total. The van der Waals surface area contributed by atoms with E-state index >= 15 is 0 Å². The molecule has 2 aliphatic rings. The molecule has 0 atom stereocenters. The van der Waals surface area contributed by atoms with E-state index in [9.17, 15) is 14.4 Å². The summed E-state index contributed by atoms with van der Waals surface area (Å²) in [6, 6.07) is 6.76. The summed E-state index contributed by atoms with van der Waals surface area (Å²) in [5, 5.41) is 3.18. The Morgan fingerprint density at radius 3 is 2.33 bits per heavy atom. The Hall–Kier alpha value is -2.37. The van der Waals surface area contributed by atoms with Gasteiger partial charge in [0.1, 0.15) is 0 Å². The number of esters is 1. The van der Waals surface area contributed by atoms with Crippen LogP contribution in [-0.2, 0) is 9.53 Å². The summed E-state index contributed by atoms with van der Waals surface area (Å²) in [5.41, 5.74) is 0.862. The molecule has 1 aliphatic heterocycles. The number of rotatable bonds is 4. The monoisotopic (exact) mass is 372 g/mol. The van der Waals surface area contributed by atoms with Gasteiger partial charge >= 0.3 is 5.97 Å². The number of carbonyl (C=O) groups is 3. The van der Waals surface area contributed by atoms with E-state index in [4.69, 9.17) is 4.74 Å². The summed E-state index contributed by atoms with van der Waals surface area (Å²) in [6.45, 7) is 1.22. The van der Waals surface area contributed by atoms with Gasteiger partial charge in [0, 0.05) is 30.6 Å². The number of likely N-dealkylation sites (tertiary alicyclic amines) is 1. The Morgan fingerprint density at radius 1 is 1.00 bits per heavy atom. The lowest BCUT2D eigenvalue weighted by Gasteiger charge is -2.33. The Bertz CT molecular complexity index is 689. The third-order valence-corrected chi connectivity index (χ3v) is 5.64. The van der Waals surface area contributed by atoms with E-state index in [0.29, 0.717) is 24.2 Å². The molecule has 1 heterocycles. The first-order chi connectivity index (χ1) is 13.1. The summed E-state index contributed by atoms with van der Waals surface area (Å²) in [7, 11) is 1.32. The number of nitrogens with zero attached hydrogens (tertiary/aromatic N) is 1. The molecule has 1 saturated carbocycles. The second-order valence-electron chi connectivity index (χ2n) is 7.48. The number of ether oxygens (including phenoxy) is 1. The quantitative estimate of drug-likeness (QED) is 0.825. The molecule has 1 aromatic carbocycles. The lowest BCUT2D eigenvalue weighted by Crippen LogP contribution is -2.48. The van der Waals surface area contributed by atoms with Crippen molar-refractivity contribution in [2.45, 2.75) is 51.0 Å². The highest BCUT2D eigenvalue weighted by Crippen LogP contribution is 2.24. The minimum absolute atomic E-state index is 0.0854. The van der Waals surface area contributed by atoms with Gasteiger partial charge in [-0.2, -0.15) is 0 Å². The maximum atomic E-state index is 12.7. The third kappa shape index (κ3) is 4.87. The minimum Gasteiger partial charge on any atom is -0.465 e. The number of piperidine rings is 1. The molecule has 1 aromatic rings. The fraction of sp³-hybridized carbons (Fsp3) is 0.571. The second kappa shape index (κ2) is 9.02. The van der Waals surface area contributed by atoms with E-state index in [-0.39, 0.29) is 23.8 Å². The van der Waals surface area contributed by atoms with Gasteiger partial charge in [-0.1, -0.05) is 25.3 Å². The van der Waals surface area contributed by atoms with Crippen LogP contribution < -0.4 is 5.32 Å². The number of hydrogen-bond donors (Lipinski definition) is 1. The Kier molecular flexibility index (Phi) is 6.48. The van der Waals surface area contributed by atoms with Crippen molar-refractivity contribution in [2.75, 3.05) is 20.2 Å². The fourth-order valence-corrected chi connectivity index (χ4v) is 3.99. The van der Waals surface area contributed by atoms with Crippen molar-refractivity contribution in [3.05, 3.63) is 35.4 Å². The van der Waals surface area contributed by atoms with E-state index in [1.165, 1.54) is 13.5 Å². The van der Waals surface area contributed by atoms with Gasteiger partial charge in [0.05, 0.1) is 12.7 Å². The predicted octanol–water partition coefficient (Wildman–Crippen LogP) is 2.77. The summed E-state index contributed by atoms with van der Waals surface area (Å²) in [4.78, 5) is 38.6. The van der Waals surface area contributed by atoms with Crippen LogP contribution in [0, 0.1) is 5.92 Å². The van der Waals surface area contributed by atoms with Crippen LogP contribution in [0.15, 0.2) is 24.3 Å². The van der Waals surface area contributed by atoms with Crippen LogP contribution in [0.25, 0.3) is 0 Å². The third-order valence-electron chi connectivity index (χ3n) is 5.64. The van der Waals surface area contributed by atoms with Crippen molar-refractivity contribution in [1.29, 1.82) is 0 Å². The normalized spacial score (nSPS) is 18.8. The molecule has 1 aliphatic carbocycles. The topological polar surface area (TPSA) is 75.7 Å². The maximum Gasteiger partial charge on any atom is 0.337 e. The van der Waals surface area contributed by atoms with Crippen LogP contribution in [0.5, 0.6) is 0 Å². The van der Waals surface area contributed by atoms with Gasteiger partial charge < -0.3 is 15.0 Å². The highest BCUT2D eigenvalue weighted by Gasteiger charge is 2.27. The van der Waals surface area contributed by atoms with Gasteiger partial charge in [-0.05, 0) is 43.9 Å². The first-order valence-corrected chi connectivity index (χ1v) is 9.86. The molecule has 6 nitrogen and oxygen atoms in total. The lowest BCUT2D eigenvalue weighted by atomic mass is 9.88. The van der Waals surface area contributed by atoms with Gasteiger partial charge in [-0.25, -0.2) is 4.79 Å². The van der Waals surface area contributed by atoms with E-state index in [1.807, 2.05) is 0 Å². The zero-order valence-corrected chi connectivity index (χ0v) is 15.9. The zero-order chi connectivity index (χ0) is 19.2. The number of hydrogen-bond acceptors (Lipinski definition) is 4. The molecule has 146 valence electrons. The van der Waals surface area contributed by atoms with Crippen molar-refractivity contribution in [2.24, 2.45) is 5.92 Å². The van der Waals surface area contributed by atoms with Crippen LogP contribution in [-0.4, -0.2) is 48.9 Å². The van der Waals surface area contributed by atoms with Crippen molar-refractivity contribution >= 4 is 17.8 Å². The van der Waals surface area contributed by atoms with Crippen molar-refractivity contribution in [3.63, 3.8) is 0 Å². The number of nitrogens with one attached hydrogen (secondary N) is 1.